The first-order chi connectivity index (χ1) is 9.61. The first kappa shape index (κ1) is 14.4. The van der Waals surface area contributed by atoms with Crippen molar-refractivity contribution in [3.05, 3.63) is 22.7 Å². The quantitative estimate of drug-likeness (QED) is 0.811. The summed E-state index contributed by atoms with van der Waals surface area (Å²) < 4.78 is 6.83. The molecule has 0 saturated heterocycles. The number of rotatable bonds is 6. The monoisotopic (exact) mass is 295 g/mol. The molecule has 8 heteroatoms. The number of aromatic nitrogens is 4. The zero-order valence-electron chi connectivity index (χ0n) is 11.7. The molecule has 1 N–H and O–H groups in total. The zero-order valence-corrected chi connectivity index (χ0v) is 12.5. The number of anilines is 1. The molecule has 0 radical (unpaired) electrons. The predicted molar refractivity (Wildman–Crippen MR) is 76.0 cm³/mol. The minimum atomic E-state index is -0.373. The molecule has 0 fully saturated rings. The molecule has 20 heavy (non-hydrogen) atoms. The molecule has 0 aliphatic carbocycles. The Bertz CT molecular complexity index is 592. The molecule has 0 saturated carbocycles. The van der Waals surface area contributed by atoms with Crippen LogP contribution in [0.1, 0.15) is 28.1 Å². The van der Waals surface area contributed by atoms with Gasteiger partial charge in [-0.1, -0.05) is 0 Å². The molecule has 2 aromatic rings. The van der Waals surface area contributed by atoms with Crippen LogP contribution >= 0.6 is 11.3 Å². The molecule has 2 aromatic heterocycles. The molecule has 0 atom stereocenters. The lowest BCUT2D eigenvalue weighted by atomic mass is 10.4. The Morgan fingerprint density at radius 3 is 3.00 bits per heavy atom. The molecule has 7 nitrogen and oxygen atoms in total. The Morgan fingerprint density at radius 2 is 2.35 bits per heavy atom. The fourth-order valence-corrected chi connectivity index (χ4v) is 2.50. The predicted octanol–water partition coefficient (Wildman–Crippen LogP) is 1.41. The van der Waals surface area contributed by atoms with Gasteiger partial charge < -0.3 is 14.6 Å². The number of esters is 1. The van der Waals surface area contributed by atoms with Gasteiger partial charge in [-0.15, -0.1) is 21.5 Å². The lowest BCUT2D eigenvalue weighted by Crippen LogP contribution is -2.09. The van der Waals surface area contributed by atoms with Crippen LogP contribution in [0.3, 0.4) is 0 Å². The summed E-state index contributed by atoms with van der Waals surface area (Å²) in [6, 6.07) is 0. The van der Waals surface area contributed by atoms with Crippen molar-refractivity contribution in [3.63, 3.8) is 0 Å². The van der Waals surface area contributed by atoms with Crippen molar-refractivity contribution >= 4 is 22.4 Å². The second-order valence-electron chi connectivity index (χ2n) is 4.18. The molecule has 0 aromatic carbocycles. The number of carbonyl (C=O) groups excluding carboxylic acids is 1. The average Bonchev–Trinajstić information content (AvgIpc) is 2.97. The van der Waals surface area contributed by atoms with Gasteiger partial charge in [0, 0.05) is 24.9 Å². The van der Waals surface area contributed by atoms with Gasteiger partial charge in [0.1, 0.15) is 12.2 Å². The smallest absolute Gasteiger partial charge is 0.358 e. The fourth-order valence-electron chi connectivity index (χ4n) is 1.68. The molecule has 0 bridgehead atoms. The topological polar surface area (TPSA) is 81.9 Å². The van der Waals surface area contributed by atoms with Crippen molar-refractivity contribution in [2.75, 3.05) is 18.5 Å². The minimum Gasteiger partial charge on any atom is -0.461 e. The number of hydrogen-bond donors (Lipinski definition) is 1. The highest BCUT2D eigenvalue weighted by molar-refractivity contribution is 7.15. The number of thiazole rings is 1. The summed E-state index contributed by atoms with van der Waals surface area (Å²) in [6.45, 7) is 4.67. The number of nitrogens with one attached hydrogen (secondary N) is 1. The Hall–Kier alpha value is -1.96. The first-order valence-corrected chi connectivity index (χ1v) is 7.14. The van der Waals surface area contributed by atoms with E-state index in [4.69, 9.17) is 4.74 Å². The standard InChI is InChI=1S/C12H17N5O2S/c1-4-19-11(18)10-8(2)20-12(15-10)13-6-5-9-16-14-7-17(9)3/h7H,4-6H2,1-3H3,(H,13,15). The van der Waals surface area contributed by atoms with Crippen LogP contribution in [-0.2, 0) is 18.2 Å². The van der Waals surface area contributed by atoms with Crippen LogP contribution in [0.25, 0.3) is 0 Å². The Morgan fingerprint density at radius 1 is 1.55 bits per heavy atom. The normalized spacial score (nSPS) is 10.6. The molecule has 108 valence electrons. The van der Waals surface area contributed by atoms with E-state index in [-0.39, 0.29) is 5.97 Å². The maximum atomic E-state index is 11.7. The minimum absolute atomic E-state index is 0.352. The van der Waals surface area contributed by atoms with Gasteiger partial charge in [-0.25, -0.2) is 9.78 Å². The van der Waals surface area contributed by atoms with E-state index < -0.39 is 0 Å². The molecular weight excluding hydrogens is 278 g/mol. The van der Waals surface area contributed by atoms with Gasteiger partial charge in [0.25, 0.3) is 0 Å². The van der Waals surface area contributed by atoms with Crippen LogP contribution in [0.5, 0.6) is 0 Å². The molecule has 2 rings (SSSR count). The molecule has 0 amide bonds. The van der Waals surface area contributed by atoms with Crippen LogP contribution < -0.4 is 5.32 Å². The molecule has 0 unspecified atom stereocenters. The zero-order chi connectivity index (χ0) is 14.5. The van der Waals surface area contributed by atoms with E-state index in [1.807, 2.05) is 18.5 Å². The average molecular weight is 295 g/mol. The summed E-state index contributed by atoms with van der Waals surface area (Å²) in [6.07, 6.45) is 2.41. The van der Waals surface area contributed by atoms with Crippen molar-refractivity contribution < 1.29 is 9.53 Å². The summed E-state index contributed by atoms with van der Waals surface area (Å²) in [4.78, 5) is 16.8. The van der Waals surface area contributed by atoms with E-state index in [1.54, 1.807) is 13.3 Å². The van der Waals surface area contributed by atoms with Gasteiger partial charge in [0.2, 0.25) is 0 Å². The Labute approximate surface area is 121 Å². The lowest BCUT2D eigenvalue weighted by Gasteiger charge is -2.02. The van der Waals surface area contributed by atoms with Gasteiger partial charge in [-0.3, -0.25) is 0 Å². The van der Waals surface area contributed by atoms with E-state index in [0.717, 1.165) is 17.1 Å². The highest BCUT2D eigenvalue weighted by Gasteiger charge is 2.16. The summed E-state index contributed by atoms with van der Waals surface area (Å²) >= 11 is 1.44. The van der Waals surface area contributed by atoms with Crippen LogP contribution in [0.4, 0.5) is 5.13 Å². The van der Waals surface area contributed by atoms with Gasteiger partial charge in [0.15, 0.2) is 10.8 Å². The number of carbonyl (C=O) groups is 1. The van der Waals surface area contributed by atoms with Crippen molar-refractivity contribution in [1.82, 2.24) is 19.7 Å². The van der Waals surface area contributed by atoms with Crippen molar-refractivity contribution in [1.29, 1.82) is 0 Å². The van der Waals surface area contributed by atoms with Crippen LogP contribution in [0.2, 0.25) is 0 Å². The molecule has 0 spiro atoms. The van der Waals surface area contributed by atoms with Crippen LogP contribution in [0, 0.1) is 6.92 Å². The largest absolute Gasteiger partial charge is 0.461 e. The fraction of sp³-hybridized carbons (Fsp3) is 0.500. The number of hydrogen-bond acceptors (Lipinski definition) is 7. The highest BCUT2D eigenvalue weighted by Crippen LogP contribution is 2.22. The third kappa shape index (κ3) is 3.32. The van der Waals surface area contributed by atoms with Crippen LogP contribution in [-0.4, -0.2) is 38.9 Å². The highest BCUT2D eigenvalue weighted by atomic mass is 32.1. The summed E-state index contributed by atoms with van der Waals surface area (Å²) in [5.41, 5.74) is 0.387. The summed E-state index contributed by atoms with van der Waals surface area (Å²) in [7, 11) is 1.90. The molecule has 2 heterocycles. The molecule has 0 aliphatic heterocycles. The second kappa shape index (κ2) is 6.47. The van der Waals surface area contributed by atoms with E-state index in [1.165, 1.54) is 11.3 Å². The van der Waals surface area contributed by atoms with Crippen molar-refractivity contribution in [2.24, 2.45) is 7.05 Å². The third-order valence-electron chi connectivity index (χ3n) is 2.70. The summed E-state index contributed by atoms with van der Waals surface area (Å²) in [5.74, 6) is 0.527. The van der Waals surface area contributed by atoms with Crippen molar-refractivity contribution in [2.45, 2.75) is 20.3 Å². The summed E-state index contributed by atoms with van der Waals surface area (Å²) in [5, 5.41) is 11.7. The Balaban J connectivity index is 1.92. The van der Waals surface area contributed by atoms with E-state index in [0.29, 0.717) is 24.0 Å². The third-order valence-corrected chi connectivity index (χ3v) is 3.62. The van der Waals surface area contributed by atoms with Gasteiger partial charge in [0.05, 0.1) is 6.61 Å². The van der Waals surface area contributed by atoms with Crippen LogP contribution in [0.15, 0.2) is 6.33 Å². The van der Waals surface area contributed by atoms with E-state index >= 15 is 0 Å². The molecule has 0 aliphatic rings. The Kier molecular flexibility index (Phi) is 4.67. The first-order valence-electron chi connectivity index (χ1n) is 6.33. The van der Waals surface area contributed by atoms with Crippen molar-refractivity contribution in [3.8, 4) is 0 Å². The SMILES string of the molecule is CCOC(=O)c1nc(NCCc2nncn2C)sc1C. The lowest BCUT2D eigenvalue weighted by molar-refractivity contribution is 0.0519. The van der Waals surface area contributed by atoms with E-state index in [9.17, 15) is 4.79 Å². The molecular formula is C12H17N5O2S. The van der Waals surface area contributed by atoms with Gasteiger partial charge in [-0.05, 0) is 13.8 Å². The second-order valence-corrected chi connectivity index (χ2v) is 5.38. The van der Waals surface area contributed by atoms with Gasteiger partial charge in [-0.2, -0.15) is 0 Å². The number of aryl methyl sites for hydroxylation is 2. The number of ether oxygens (including phenoxy) is 1. The van der Waals surface area contributed by atoms with E-state index in [2.05, 4.69) is 20.5 Å². The number of nitrogens with zero attached hydrogens (tertiary/aromatic N) is 4. The maximum Gasteiger partial charge on any atom is 0.358 e. The maximum absolute atomic E-state index is 11.7. The van der Waals surface area contributed by atoms with Gasteiger partial charge >= 0.3 is 5.97 Å².